The van der Waals surface area contributed by atoms with E-state index >= 15 is 0 Å². The molecule has 1 aliphatic heterocycles. The van der Waals surface area contributed by atoms with Crippen LogP contribution in [0.25, 0.3) is 22.1 Å². The lowest BCUT2D eigenvalue weighted by Gasteiger charge is -2.10. The van der Waals surface area contributed by atoms with Crippen LogP contribution in [0.4, 0.5) is 0 Å². The van der Waals surface area contributed by atoms with Gasteiger partial charge in [-0.2, -0.15) is 0 Å². The maximum Gasteiger partial charge on any atom is 0.349 e. The Morgan fingerprint density at radius 3 is 2.46 bits per heavy atom. The van der Waals surface area contributed by atoms with Crippen molar-refractivity contribution in [1.82, 2.24) is 5.32 Å². The molecule has 1 aromatic heterocycles. The van der Waals surface area contributed by atoms with Gasteiger partial charge >= 0.3 is 11.6 Å². The number of rotatable bonds is 6. The minimum absolute atomic E-state index is 0.0294. The fourth-order valence-corrected chi connectivity index (χ4v) is 4.02. The fraction of sp³-hybridized carbons (Fsp3) is 0.179. The van der Waals surface area contributed by atoms with Gasteiger partial charge in [0.2, 0.25) is 0 Å². The number of benzene rings is 3. The zero-order valence-electron chi connectivity index (χ0n) is 18.9. The number of amides is 1. The topological polar surface area (TPSA) is 94.8 Å². The molecular weight excluding hydrogens is 446 g/mol. The van der Waals surface area contributed by atoms with E-state index in [0.717, 1.165) is 24.0 Å². The van der Waals surface area contributed by atoms with Gasteiger partial charge in [-0.05, 0) is 54.3 Å². The molecule has 0 saturated carbocycles. The third kappa shape index (κ3) is 5.15. The van der Waals surface area contributed by atoms with Gasteiger partial charge in [0.05, 0.1) is 11.7 Å². The SMILES string of the molecule is O=C(Oc1ccc2cc(C(=O)NCC3CCCO3)c(=O)oc2c1)c1ccc(-c2ccccc2)cc1. The number of carbonyl (C=O) groups is 2. The molecule has 0 bridgehead atoms. The maximum atomic E-state index is 12.6. The third-order valence-corrected chi connectivity index (χ3v) is 5.90. The van der Waals surface area contributed by atoms with Gasteiger partial charge in [0.15, 0.2) is 0 Å². The van der Waals surface area contributed by atoms with Gasteiger partial charge in [-0.15, -0.1) is 0 Å². The summed E-state index contributed by atoms with van der Waals surface area (Å²) >= 11 is 0. The molecule has 5 rings (SSSR count). The molecule has 0 radical (unpaired) electrons. The Morgan fingerprint density at radius 1 is 0.943 bits per heavy atom. The predicted molar refractivity (Wildman–Crippen MR) is 131 cm³/mol. The molecule has 0 aliphatic carbocycles. The van der Waals surface area contributed by atoms with E-state index in [-0.39, 0.29) is 23.0 Å². The molecule has 1 atom stereocenters. The zero-order chi connectivity index (χ0) is 24.2. The molecule has 7 heteroatoms. The van der Waals surface area contributed by atoms with Crippen LogP contribution in [0.5, 0.6) is 5.75 Å². The van der Waals surface area contributed by atoms with Gasteiger partial charge < -0.3 is 19.2 Å². The number of fused-ring (bicyclic) bond motifs is 1. The van der Waals surface area contributed by atoms with Crippen LogP contribution >= 0.6 is 0 Å². The van der Waals surface area contributed by atoms with E-state index in [2.05, 4.69) is 5.32 Å². The Labute approximate surface area is 201 Å². The van der Waals surface area contributed by atoms with Crippen molar-refractivity contribution < 1.29 is 23.5 Å². The fourth-order valence-electron chi connectivity index (χ4n) is 4.02. The van der Waals surface area contributed by atoms with Crippen molar-refractivity contribution in [2.75, 3.05) is 13.2 Å². The average molecular weight is 469 g/mol. The highest BCUT2D eigenvalue weighted by molar-refractivity contribution is 5.97. The van der Waals surface area contributed by atoms with Gasteiger partial charge in [-0.3, -0.25) is 4.79 Å². The van der Waals surface area contributed by atoms with Crippen LogP contribution in [0.15, 0.2) is 88.1 Å². The Kier molecular flexibility index (Phi) is 6.41. The average Bonchev–Trinajstić information content (AvgIpc) is 3.41. The summed E-state index contributed by atoms with van der Waals surface area (Å²) < 4.78 is 16.3. The first-order valence-corrected chi connectivity index (χ1v) is 11.4. The first kappa shape index (κ1) is 22.6. The van der Waals surface area contributed by atoms with E-state index in [4.69, 9.17) is 13.9 Å². The van der Waals surface area contributed by atoms with Gasteiger partial charge in [0.1, 0.15) is 16.9 Å². The molecule has 1 amide bonds. The highest BCUT2D eigenvalue weighted by Gasteiger charge is 2.19. The van der Waals surface area contributed by atoms with Crippen LogP contribution in [-0.2, 0) is 4.74 Å². The van der Waals surface area contributed by atoms with Crippen molar-refractivity contribution in [3.8, 4) is 16.9 Å². The molecule has 35 heavy (non-hydrogen) atoms. The summed E-state index contributed by atoms with van der Waals surface area (Å²) in [7, 11) is 0. The molecule has 4 aromatic rings. The highest BCUT2D eigenvalue weighted by atomic mass is 16.5. The highest BCUT2D eigenvalue weighted by Crippen LogP contribution is 2.23. The van der Waals surface area contributed by atoms with Crippen molar-refractivity contribution in [2.24, 2.45) is 0 Å². The molecule has 176 valence electrons. The molecule has 2 heterocycles. The van der Waals surface area contributed by atoms with Crippen molar-refractivity contribution in [1.29, 1.82) is 0 Å². The van der Waals surface area contributed by atoms with Crippen LogP contribution in [0, 0.1) is 0 Å². The van der Waals surface area contributed by atoms with E-state index < -0.39 is 17.5 Å². The second-order valence-electron chi connectivity index (χ2n) is 8.33. The second-order valence-corrected chi connectivity index (χ2v) is 8.33. The van der Waals surface area contributed by atoms with Crippen molar-refractivity contribution in [3.05, 3.63) is 100 Å². The molecule has 0 spiro atoms. The standard InChI is InChI=1S/C28H23NO6/c30-26(29-17-23-7-4-14-33-23)24-15-21-12-13-22(16-25(21)35-28(24)32)34-27(31)20-10-8-19(9-11-20)18-5-2-1-3-6-18/h1-3,5-6,8-13,15-16,23H,4,7,14,17H2,(H,29,30). The van der Waals surface area contributed by atoms with E-state index in [9.17, 15) is 14.4 Å². The number of nitrogens with one attached hydrogen (secondary N) is 1. The summed E-state index contributed by atoms with van der Waals surface area (Å²) in [5.74, 6) is -0.810. The summed E-state index contributed by atoms with van der Waals surface area (Å²) in [5.41, 5.74) is 1.81. The maximum absolute atomic E-state index is 12.6. The van der Waals surface area contributed by atoms with Crippen LogP contribution < -0.4 is 15.7 Å². The lowest BCUT2D eigenvalue weighted by Crippen LogP contribution is -2.34. The second kappa shape index (κ2) is 9.95. The number of carbonyl (C=O) groups excluding carboxylic acids is 2. The van der Waals surface area contributed by atoms with E-state index in [1.807, 2.05) is 42.5 Å². The van der Waals surface area contributed by atoms with Crippen molar-refractivity contribution in [3.63, 3.8) is 0 Å². The molecule has 1 fully saturated rings. The lowest BCUT2D eigenvalue weighted by atomic mass is 10.0. The smallest absolute Gasteiger partial charge is 0.349 e. The lowest BCUT2D eigenvalue weighted by molar-refractivity contribution is 0.0734. The number of hydrogen-bond acceptors (Lipinski definition) is 6. The minimum Gasteiger partial charge on any atom is -0.423 e. The molecule has 1 unspecified atom stereocenters. The third-order valence-electron chi connectivity index (χ3n) is 5.90. The Morgan fingerprint density at radius 2 is 1.71 bits per heavy atom. The summed E-state index contributed by atoms with van der Waals surface area (Å²) in [6.45, 7) is 1.03. The zero-order valence-corrected chi connectivity index (χ0v) is 18.9. The molecular formula is C28H23NO6. The van der Waals surface area contributed by atoms with Gasteiger partial charge in [-0.25, -0.2) is 9.59 Å². The molecule has 7 nitrogen and oxygen atoms in total. The van der Waals surface area contributed by atoms with Gasteiger partial charge in [-0.1, -0.05) is 42.5 Å². The molecule has 3 aromatic carbocycles. The van der Waals surface area contributed by atoms with Gasteiger partial charge in [0, 0.05) is 24.6 Å². The predicted octanol–water partition coefficient (Wildman–Crippen LogP) is 4.59. The number of hydrogen-bond donors (Lipinski definition) is 1. The largest absolute Gasteiger partial charge is 0.423 e. The first-order valence-electron chi connectivity index (χ1n) is 11.4. The van der Waals surface area contributed by atoms with E-state index in [0.29, 0.717) is 24.1 Å². The Bertz CT molecular complexity index is 1420. The monoisotopic (exact) mass is 469 g/mol. The first-order chi connectivity index (χ1) is 17.1. The summed E-state index contributed by atoms with van der Waals surface area (Å²) in [6, 6.07) is 23.1. The number of ether oxygens (including phenoxy) is 2. The van der Waals surface area contributed by atoms with E-state index in [1.54, 1.807) is 24.3 Å². The van der Waals surface area contributed by atoms with Crippen LogP contribution in [0.1, 0.15) is 33.6 Å². The quantitative estimate of drug-likeness (QED) is 0.252. The molecule has 1 aliphatic rings. The normalized spacial score (nSPS) is 15.1. The summed E-state index contributed by atoms with van der Waals surface area (Å²) in [5, 5.41) is 3.26. The van der Waals surface area contributed by atoms with Gasteiger partial charge in [0.25, 0.3) is 5.91 Å². The van der Waals surface area contributed by atoms with Crippen molar-refractivity contribution in [2.45, 2.75) is 18.9 Å². The molecule has 1 N–H and O–H groups in total. The summed E-state index contributed by atoms with van der Waals surface area (Å²) in [4.78, 5) is 37.5. The van der Waals surface area contributed by atoms with E-state index in [1.165, 1.54) is 12.1 Å². The molecule has 1 saturated heterocycles. The van der Waals surface area contributed by atoms with Crippen molar-refractivity contribution >= 4 is 22.8 Å². The number of esters is 1. The van der Waals surface area contributed by atoms with Crippen LogP contribution in [0.3, 0.4) is 0 Å². The summed E-state index contributed by atoms with van der Waals surface area (Å²) in [6.07, 6.45) is 1.81. The Balaban J connectivity index is 1.28. The minimum atomic E-state index is -0.762. The Hall–Kier alpha value is -4.23. The van der Waals surface area contributed by atoms with Crippen LogP contribution in [-0.4, -0.2) is 31.1 Å². The van der Waals surface area contributed by atoms with Crippen LogP contribution in [0.2, 0.25) is 0 Å².